The fourth-order valence-electron chi connectivity index (χ4n) is 3.04. The van der Waals surface area contributed by atoms with Crippen LogP contribution in [0.25, 0.3) is 0 Å². The number of hydrogen-bond acceptors (Lipinski definition) is 3. The van der Waals surface area contributed by atoms with Gasteiger partial charge in [0.05, 0.1) is 13.2 Å². The van der Waals surface area contributed by atoms with Gasteiger partial charge >= 0.3 is 0 Å². The molecule has 5 heteroatoms. The van der Waals surface area contributed by atoms with Crippen molar-refractivity contribution >= 4 is 0 Å². The Morgan fingerprint density at radius 3 is 2.31 bits per heavy atom. The zero-order chi connectivity index (χ0) is 17.9. The molecule has 0 amide bonds. The van der Waals surface area contributed by atoms with Gasteiger partial charge in [-0.15, -0.1) is 0 Å². The van der Waals surface area contributed by atoms with Crippen LogP contribution < -0.4 is 19.7 Å². The molecule has 1 saturated heterocycles. The molecule has 0 aliphatic carbocycles. The Bertz CT molecular complexity index is 630. The van der Waals surface area contributed by atoms with E-state index in [-0.39, 0.29) is 0 Å². The van der Waals surface area contributed by atoms with E-state index in [9.17, 15) is 0 Å². The van der Waals surface area contributed by atoms with Gasteiger partial charge in [-0.1, -0.05) is 42.5 Å². The normalized spacial score (nSPS) is 14.9. The third-order valence-corrected chi connectivity index (χ3v) is 4.57. The second-order valence-corrected chi connectivity index (χ2v) is 6.55. The van der Waals surface area contributed by atoms with Crippen LogP contribution in [-0.2, 0) is 11.3 Å². The number of para-hydroxylation sites is 2. The lowest BCUT2D eigenvalue weighted by atomic mass is 10.2. The topological polar surface area (TPSA) is 48.7 Å². The van der Waals surface area contributed by atoms with Crippen LogP contribution in [0.3, 0.4) is 0 Å². The number of benzene rings is 2. The lowest BCUT2D eigenvalue weighted by Gasteiger charge is -2.22. The Hall–Kier alpha value is -2.08. The summed E-state index contributed by atoms with van der Waals surface area (Å²) in [4.78, 5) is 1.65. The monoisotopic (exact) mass is 358 g/mol. The molecule has 1 aliphatic heterocycles. The van der Waals surface area contributed by atoms with Crippen molar-refractivity contribution in [1.82, 2.24) is 0 Å². The van der Waals surface area contributed by atoms with Gasteiger partial charge in [0, 0.05) is 0 Å². The molecule has 0 aromatic heterocycles. The van der Waals surface area contributed by atoms with Crippen LogP contribution in [0.2, 0.25) is 0 Å². The van der Waals surface area contributed by atoms with Crippen molar-refractivity contribution in [2.75, 3.05) is 52.5 Å². The fraction of sp³-hybridized carbons (Fsp3) is 0.429. The van der Waals surface area contributed by atoms with E-state index in [1.807, 2.05) is 42.5 Å². The van der Waals surface area contributed by atoms with Crippen molar-refractivity contribution in [2.45, 2.75) is 6.61 Å². The number of ether oxygens (including phenoxy) is 3. The highest BCUT2D eigenvalue weighted by molar-refractivity contribution is 5.39. The molecule has 2 aromatic rings. The van der Waals surface area contributed by atoms with Crippen LogP contribution in [0.5, 0.6) is 11.5 Å². The average Bonchev–Trinajstić information content (AvgIpc) is 2.71. The molecule has 3 N–H and O–H groups in total. The number of rotatable bonds is 10. The first-order valence-electron chi connectivity index (χ1n) is 9.53. The van der Waals surface area contributed by atoms with Gasteiger partial charge in [0.2, 0.25) is 0 Å². The second kappa shape index (κ2) is 10.8. The summed E-state index contributed by atoms with van der Waals surface area (Å²) < 4.78 is 17.3. The van der Waals surface area contributed by atoms with Crippen molar-refractivity contribution in [3.05, 3.63) is 60.2 Å². The zero-order valence-corrected chi connectivity index (χ0v) is 15.4. The minimum absolute atomic E-state index is 0.551. The summed E-state index contributed by atoms with van der Waals surface area (Å²) >= 11 is 0. The first-order chi connectivity index (χ1) is 12.9. The largest absolute Gasteiger partial charge is 0.485 e. The quantitative estimate of drug-likeness (QED) is 0.594. The van der Waals surface area contributed by atoms with Crippen molar-refractivity contribution < 1.29 is 24.4 Å². The molecular weight excluding hydrogens is 328 g/mol. The molecule has 1 aliphatic rings. The first-order valence-corrected chi connectivity index (χ1v) is 9.53. The van der Waals surface area contributed by atoms with Crippen LogP contribution >= 0.6 is 0 Å². The summed E-state index contributed by atoms with van der Waals surface area (Å²) in [5.41, 5.74) is 1.15. The molecule has 3 rings (SSSR count). The molecule has 26 heavy (non-hydrogen) atoms. The van der Waals surface area contributed by atoms with E-state index in [2.05, 4.69) is 17.4 Å². The Kier molecular flexibility index (Phi) is 7.78. The fourth-order valence-corrected chi connectivity index (χ4v) is 3.04. The van der Waals surface area contributed by atoms with Gasteiger partial charge in [-0.3, -0.25) is 0 Å². The molecule has 0 bridgehead atoms. The molecule has 0 spiro atoms. The van der Waals surface area contributed by atoms with Crippen LogP contribution in [0.4, 0.5) is 0 Å². The van der Waals surface area contributed by atoms with Gasteiger partial charge < -0.3 is 24.4 Å². The van der Waals surface area contributed by atoms with E-state index >= 15 is 0 Å². The minimum atomic E-state index is 0.551. The molecular formula is C21H30N2O3+2. The summed E-state index contributed by atoms with van der Waals surface area (Å²) in [7, 11) is 0. The number of nitrogens with one attached hydrogen (secondary N) is 1. The lowest BCUT2D eigenvalue weighted by molar-refractivity contribution is -0.919. The zero-order valence-electron chi connectivity index (χ0n) is 15.4. The van der Waals surface area contributed by atoms with Gasteiger partial charge in [0.1, 0.15) is 45.9 Å². The van der Waals surface area contributed by atoms with Crippen LogP contribution in [0, 0.1) is 0 Å². The maximum Gasteiger partial charge on any atom is 0.161 e. The summed E-state index contributed by atoms with van der Waals surface area (Å²) in [6.07, 6.45) is 0. The number of hydrogen-bond donors (Lipinski definition) is 2. The molecule has 0 unspecified atom stereocenters. The number of nitrogens with two attached hydrogens (primary N) is 1. The smallest absolute Gasteiger partial charge is 0.161 e. The van der Waals surface area contributed by atoms with Gasteiger partial charge in [0.25, 0.3) is 0 Å². The second-order valence-electron chi connectivity index (χ2n) is 6.55. The predicted molar refractivity (Wildman–Crippen MR) is 101 cm³/mol. The highest BCUT2D eigenvalue weighted by Crippen LogP contribution is 2.27. The first kappa shape index (κ1) is 18.7. The van der Waals surface area contributed by atoms with Crippen LogP contribution in [0.15, 0.2) is 54.6 Å². The Morgan fingerprint density at radius 2 is 1.54 bits per heavy atom. The molecule has 0 atom stereocenters. The molecule has 5 nitrogen and oxygen atoms in total. The van der Waals surface area contributed by atoms with Crippen LogP contribution in [-0.4, -0.2) is 52.5 Å². The molecule has 1 fully saturated rings. The molecule has 1 heterocycles. The van der Waals surface area contributed by atoms with Crippen molar-refractivity contribution in [1.29, 1.82) is 0 Å². The average molecular weight is 358 g/mol. The molecule has 0 saturated carbocycles. The predicted octanol–water partition coefficient (Wildman–Crippen LogP) is 0.123. The van der Waals surface area contributed by atoms with E-state index in [4.69, 9.17) is 14.2 Å². The Balaban J connectivity index is 1.35. The molecule has 0 radical (unpaired) electrons. The highest BCUT2D eigenvalue weighted by Gasteiger charge is 2.13. The summed E-state index contributed by atoms with van der Waals surface area (Å²) in [5, 5.41) is 2.33. The van der Waals surface area contributed by atoms with E-state index in [0.29, 0.717) is 13.2 Å². The van der Waals surface area contributed by atoms with Gasteiger partial charge in [-0.2, -0.15) is 0 Å². The maximum atomic E-state index is 5.93. The van der Waals surface area contributed by atoms with Crippen molar-refractivity contribution in [2.24, 2.45) is 0 Å². The molecule has 2 aromatic carbocycles. The Labute approximate surface area is 155 Å². The van der Waals surface area contributed by atoms with E-state index < -0.39 is 0 Å². The van der Waals surface area contributed by atoms with Gasteiger partial charge in [-0.05, 0) is 17.7 Å². The number of quaternary nitrogens is 2. The van der Waals surface area contributed by atoms with E-state index in [0.717, 1.165) is 56.5 Å². The van der Waals surface area contributed by atoms with E-state index in [1.54, 1.807) is 4.90 Å². The maximum absolute atomic E-state index is 5.93. The highest BCUT2D eigenvalue weighted by atomic mass is 16.5. The summed E-state index contributed by atoms with van der Waals surface area (Å²) in [6.45, 7) is 8.59. The number of morpholine rings is 1. The van der Waals surface area contributed by atoms with Crippen molar-refractivity contribution in [3.63, 3.8) is 0 Å². The van der Waals surface area contributed by atoms with Gasteiger partial charge in [0.15, 0.2) is 11.5 Å². The summed E-state index contributed by atoms with van der Waals surface area (Å²) in [6, 6.07) is 18.1. The third-order valence-electron chi connectivity index (χ3n) is 4.57. The third kappa shape index (κ3) is 6.33. The van der Waals surface area contributed by atoms with Gasteiger partial charge in [-0.25, -0.2) is 0 Å². The minimum Gasteiger partial charge on any atom is -0.485 e. The summed E-state index contributed by atoms with van der Waals surface area (Å²) in [5.74, 6) is 1.62. The van der Waals surface area contributed by atoms with Crippen molar-refractivity contribution in [3.8, 4) is 11.5 Å². The lowest BCUT2D eigenvalue weighted by Crippen LogP contribution is -3.16. The standard InChI is InChI=1S/C21H28N2O3/c1-2-6-19(7-3-1)18-26-21-9-5-4-8-20(21)25-15-11-22-10-12-23-13-16-24-17-14-23/h1-9,22H,10-18H2/p+2. The van der Waals surface area contributed by atoms with Crippen LogP contribution in [0.1, 0.15) is 5.56 Å². The SMILES string of the molecule is c1ccc(COc2ccccc2OCC[NH2+]CC[NH+]2CCOCC2)cc1. The Morgan fingerprint density at radius 1 is 0.846 bits per heavy atom. The van der Waals surface area contributed by atoms with E-state index in [1.165, 1.54) is 6.54 Å². The molecule has 140 valence electrons.